The number of anilines is 5. The van der Waals surface area contributed by atoms with Crippen LogP contribution in [0.4, 0.5) is 29.0 Å². The molecule has 8 nitrogen and oxygen atoms in total. The molecule has 1 fully saturated rings. The second-order valence-corrected chi connectivity index (χ2v) is 11.3. The average Bonchev–Trinajstić information content (AvgIpc) is 3.25. The normalized spacial score (nSPS) is 14.7. The van der Waals surface area contributed by atoms with Crippen LogP contribution in [-0.4, -0.2) is 71.6 Å². The number of hydrogen-bond acceptors (Lipinski definition) is 7. The summed E-state index contributed by atoms with van der Waals surface area (Å²) in [6.07, 6.45) is 1.61. The first-order valence-electron chi connectivity index (χ1n) is 11.2. The molecule has 3 heterocycles. The molecule has 1 aliphatic heterocycles. The summed E-state index contributed by atoms with van der Waals surface area (Å²) in [4.78, 5) is 13.7. The van der Waals surface area contributed by atoms with Crippen molar-refractivity contribution < 1.29 is 0 Å². The van der Waals surface area contributed by atoms with Gasteiger partial charge in [0.05, 0.1) is 11.7 Å². The van der Waals surface area contributed by atoms with Crippen LogP contribution in [0.15, 0.2) is 48.7 Å². The molecule has 10 heteroatoms. The van der Waals surface area contributed by atoms with Crippen LogP contribution >= 0.6 is 19.5 Å². The Morgan fingerprint density at radius 2 is 1.82 bits per heavy atom. The zero-order valence-electron chi connectivity index (χ0n) is 19.5. The van der Waals surface area contributed by atoms with Gasteiger partial charge in [0.2, 0.25) is 5.95 Å². The van der Waals surface area contributed by atoms with E-state index in [9.17, 15) is 0 Å². The molecule has 2 aromatic heterocycles. The first-order valence-corrected chi connectivity index (χ1v) is 13.8. The van der Waals surface area contributed by atoms with Crippen LogP contribution in [0.1, 0.15) is 0 Å². The first-order chi connectivity index (χ1) is 16.5. The molecule has 2 aromatic carbocycles. The molecule has 0 bridgehead atoms. The maximum Gasteiger partial charge on any atom is 0.229 e. The fourth-order valence-corrected chi connectivity index (χ4v) is 5.22. The van der Waals surface area contributed by atoms with E-state index < -0.39 is 0 Å². The summed E-state index contributed by atoms with van der Waals surface area (Å²) >= 11 is 6.41. The highest BCUT2D eigenvalue weighted by atomic mass is 35.5. The van der Waals surface area contributed by atoms with Crippen LogP contribution in [0.25, 0.3) is 10.9 Å². The van der Waals surface area contributed by atoms with E-state index in [4.69, 9.17) is 11.6 Å². The Balaban J connectivity index is 1.36. The maximum atomic E-state index is 6.41. The van der Waals surface area contributed by atoms with Gasteiger partial charge in [-0.05, 0) is 49.9 Å². The van der Waals surface area contributed by atoms with Gasteiger partial charge in [-0.2, -0.15) is 10.1 Å². The van der Waals surface area contributed by atoms with E-state index in [-0.39, 0.29) is 7.92 Å². The van der Waals surface area contributed by atoms with Gasteiger partial charge in [-0.3, -0.25) is 5.10 Å². The number of H-pyrrole nitrogens is 1. The number of halogens is 1. The minimum atomic E-state index is -0.272. The fourth-order valence-electron chi connectivity index (χ4n) is 4.08. The third-order valence-corrected chi connectivity index (χ3v) is 7.61. The van der Waals surface area contributed by atoms with Crippen molar-refractivity contribution in [3.8, 4) is 0 Å². The lowest BCUT2D eigenvalue weighted by molar-refractivity contribution is 0.312. The average molecular weight is 495 g/mol. The van der Waals surface area contributed by atoms with Crippen molar-refractivity contribution >= 4 is 64.7 Å². The molecule has 0 atom stereocenters. The number of rotatable bonds is 6. The Morgan fingerprint density at radius 3 is 2.62 bits per heavy atom. The smallest absolute Gasteiger partial charge is 0.229 e. The molecule has 0 amide bonds. The quantitative estimate of drug-likeness (QED) is 0.337. The Kier molecular flexibility index (Phi) is 6.55. The molecule has 0 aliphatic carbocycles. The zero-order chi connectivity index (χ0) is 23.7. The van der Waals surface area contributed by atoms with Crippen LogP contribution in [0, 0.1) is 0 Å². The van der Waals surface area contributed by atoms with E-state index in [1.165, 1.54) is 5.30 Å². The summed E-state index contributed by atoms with van der Waals surface area (Å²) in [6, 6.07) is 14.4. The number of fused-ring (bicyclic) bond motifs is 1. The number of aromatic amines is 1. The third kappa shape index (κ3) is 4.80. The van der Waals surface area contributed by atoms with Crippen molar-refractivity contribution in [2.24, 2.45) is 0 Å². The van der Waals surface area contributed by atoms with Crippen molar-refractivity contribution in [2.45, 2.75) is 0 Å². The largest absolute Gasteiger partial charge is 0.352 e. The molecule has 0 unspecified atom stereocenters. The first kappa shape index (κ1) is 22.8. The van der Waals surface area contributed by atoms with Crippen LogP contribution in [0.3, 0.4) is 0 Å². The molecule has 5 rings (SSSR count). The predicted molar refractivity (Wildman–Crippen MR) is 144 cm³/mol. The van der Waals surface area contributed by atoms with E-state index in [0.29, 0.717) is 16.8 Å². The van der Waals surface area contributed by atoms with Crippen LogP contribution < -0.4 is 20.8 Å². The highest BCUT2D eigenvalue weighted by Crippen LogP contribution is 2.32. The van der Waals surface area contributed by atoms with Gasteiger partial charge in [-0.1, -0.05) is 37.7 Å². The SMILES string of the molecule is CN1CCN(c2n[nH]c3cc(Nc4ncc(Cl)c(Nc5ccccc5P(C)C)n4)ccc23)CC1. The Labute approximate surface area is 205 Å². The van der Waals surface area contributed by atoms with Gasteiger partial charge in [0.1, 0.15) is 5.02 Å². The summed E-state index contributed by atoms with van der Waals surface area (Å²) in [7, 11) is 1.88. The number of piperazine rings is 1. The minimum absolute atomic E-state index is 0.272. The number of benzene rings is 2. The van der Waals surface area contributed by atoms with Crippen molar-refractivity contribution in [3.63, 3.8) is 0 Å². The molecule has 1 aliphatic rings. The van der Waals surface area contributed by atoms with Crippen LogP contribution in [-0.2, 0) is 0 Å². The van der Waals surface area contributed by atoms with Gasteiger partial charge in [0.25, 0.3) is 0 Å². The number of nitrogens with zero attached hydrogens (tertiary/aromatic N) is 5. The summed E-state index contributed by atoms with van der Waals surface area (Å²) in [5.41, 5.74) is 2.86. The van der Waals surface area contributed by atoms with E-state index in [2.05, 4.69) is 79.2 Å². The van der Waals surface area contributed by atoms with E-state index >= 15 is 0 Å². The van der Waals surface area contributed by atoms with Gasteiger partial charge < -0.3 is 20.4 Å². The molecule has 176 valence electrons. The molecule has 34 heavy (non-hydrogen) atoms. The van der Waals surface area contributed by atoms with E-state index in [1.54, 1.807) is 6.20 Å². The lowest BCUT2D eigenvalue weighted by atomic mass is 10.2. The van der Waals surface area contributed by atoms with E-state index in [1.807, 2.05) is 24.3 Å². The summed E-state index contributed by atoms with van der Waals surface area (Å²) < 4.78 is 0. The Hall–Kier alpha value is -2.93. The number of para-hydroxylation sites is 1. The highest BCUT2D eigenvalue weighted by molar-refractivity contribution is 7.64. The van der Waals surface area contributed by atoms with Crippen molar-refractivity contribution in [3.05, 3.63) is 53.7 Å². The van der Waals surface area contributed by atoms with E-state index in [0.717, 1.165) is 54.3 Å². The standard InChI is InChI=1S/C24H28ClN8P/c1-32-10-12-33(13-11-32)23-17-9-8-16(14-20(17)30-31-23)27-24-26-15-18(25)22(29-24)28-19-6-4-5-7-21(19)34(2)3/h4-9,14-15H,10-13H2,1-3H3,(H,30,31)(H2,26,27,28,29). The van der Waals surface area contributed by atoms with Crippen molar-refractivity contribution in [1.29, 1.82) is 0 Å². The van der Waals surface area contributed by atoms with Crippen LogP contribution in [0.5, 0.6) is 0 Å². The summed E-state index contributed by atoms with van der Waals surface area (Å²) in [5, 5.41) is 17.3. The maximum absolute atomic E-state index is 6.41. The highest BCUT2D eigenvalue weighted by Gasteiger charge is 2.19. The number of aromatic nitrogens is 4. The number of nitrogens with one attached hydrogen (secondary N) is 3. The molecule has 1 saturated heterocycles. The second-order valence-electron chi connectivity index (χ2n) is 8.65. The number of likely N-dealkylation sites (N-methyl/N-ethyl adjacent to an activating group) is 1. The predicted octanol–water partition coefficient (Wildman–Crippen LogP) is 4.61. The lowest BCUT2D eigenvalue weighted by Crippen LogP contribution is -2.44. The second kappa shape index (κ2) is 9.74. The lowest BCUT2D eigenvalue weighted by Gasteiger charge is -2.32. The van der Waals surface area contributed by atoms with Gasteiger partial charge >= 0.3 is 0 Å². The van der Waals surface area contributed by atoms with Crippen molar-refractivity contribution in [1.82, 2.24) is 25.1 Å². The summed E-state index contributed by atoms with van der Waals surface area (Å²) in [6.45, 7) is 8.50. The topological polar surface area (TPSA) is 85.0 Å². The summed E-state index contributed by atoms with van der Waals surface area (Å²) in [5.74, 6) is 2.05. The van der Waals surface area contributed by atoms with Crippen LogP contribution in [0.2, 0.25) is 5.02 Å². The van der Waals surface area contributed by atoms with Gasteiger partial charge in [0.15, 0.2) is 11.6 Å². The molecule has 4 aromatic rings. The minimum Gasteiger partial charge on any atom is -0.352 e. The van der Waals surface area contributed by atoms with Gasteiger partial charge in [-0.15, -0.1) is 0 Å². The molecule has 3 N–H and O–H groups in total. The monoisotopic (exact) mass is 494 g/mol. The van der Waals surface area contributed by atoms with Gasteiger partial charge in [-0.25, -0.2) is 4.98 Å². The molecule has 0 radical (unpaired) electrons. The fraction of sp³-hybridized carbons (Fsp3) is 0.292. The molecule has 0 spiro atoms. The number of hydrogen-bond donors (Lipinski definition) is 3. The van der Waals surface area contributed by atoms with Crippen molar-refractivity contribution in [2.75, 3.05) is 62.1 Å². The Morgan fingerprint density at radius 1 is 1.03 bits per heavy atom. The Bertz CT molecular complexity index is 1300. The zero-order valence-corrected chi connectivity index (χ0v) is 21.2. The molecule has 0 saturated carbocycles. The third-order valence-electron chi connectivity index (χ3n) is 5.98. The van der Waals surface area contributed by atoms with Gasteiger partial charge in [0, 0.05) is 42.9 Å². The molecular weight excluding hydrogens is 467 g/mol. The molecular formula is C24H28ClN8P.